The molecule has 0 radical (unpaired) electrons. The first-order valence-electron chi connectivity index (χ1n) is 4.35. The summed E-state index contributed by atoms with van der Waals surface area (Å²) < 4.78 is 3.77. The van der Waals surface area contributed by atoms with Crippen molar-refractivity contribution in [1.82, 2.24) is 9.78 Å². The number of halogens is 2. The number of nitrogens with two attached hydrogens (primary N) is 1. The molecule has 0 aromatic carbocycles. The first-order chi connectivity index (χ1) is 7.20. The first-order valence-corrected chi connectivity index (χ1v) is 6.63. The van der Waals surface area contributed by atoms with E-state index < -0.39 is 0 Å². The molecule has 0 spiro atoms. The molecule has 3 nitrogen and oxygen atoms in total. The van der Waals surface area contributed by atoms with Gasteiger partial charge in [0, 0.05) is 17.6 Å². The summed E-state index contributed by atoms with van der Waals surface area (Å²) in [6.45, 7) is 0.522. The second-order valence-electron chi connectivity index (χ2n) is 3.03. The summed E-state index contributed by atoms with van der Waals surface area (Å²) in [5, 5.41) is 4.27. The van der Waals surface area contributed by atoms with Crippen LogP contribution in [-0.4, -0.2) is 16.3 Å². The molecule has 2 aromatic rings. The van der Waals surface area contributed by atoms with Crippen LogP contribution in [0, 0.1) is 3.57 Å². The van der Waals surface area contributed by atoms with E-state index in [1.54, 1.807) is 11.3 Å². The third-order valence-electron chi connectivity index (χ3n) is 2.04. The average molecular weight is 354 g/mol. The Labute approximate surface area is 110 Å². The molecule has 0 fully saturated rings. The largest absolute Gasteiger partial charge is 0.328 e. The summed E-state index contributed by atoms with van der Waals surface area (Å²) in [4.78, 5) is 1.14. The van der Waals surface area contributed by atoms with E-state index in [1.165, 1.54) is 0 Å². The molecule has 1 atom stereocenters. The van der Waals surface area contributed by atoms with Gasteiger partial charge in [0.2, 0.25) is 0 Å². The van der Waals surface area contributed by atoms with Crippen molar-refractivity contribution in [3.63, 3.8) is 0 Å². The molecule has 2 aromatic heterocycles. The van der Waals surface area contributed by atoms with E-state index in [9.17, 15) is 0 Å². The van der Waals surface area contributed by atoms with Crippen LogP contribution in [0.5, 0.6) is 0 Å². The Kier molecular flexibility index (Phi) is 3.65. The zero-order valence-corrected chi connectivity index (χ0v) is 11.5. The maximum atomic E-state index is 5.90. The fraction of sp³-hybridized carbons (Fsp3) is 0.222. The molecule has 0 saturated heterocycles. The lowest BCUT2D eigenvalue weighted by atomic mass is 10.2. The van der Waals surface area contributed by atoms with Gasteiger partial charge in [0.1, 0.15) is 0 Å². The molecular formula is C9H9ClIN3S. The summed E-state index contributed by atoms with van der Waals surface area (Å²) in [5.74, 6) is 0. The Morgan fingerprint density at radius 3 is 2.87 bits per heavy atom. The van der Waals surface area contributed by atoms with Crippen LogP contribution in [0.3, 0.4) is 0 Å². The topological polar surface area (TPSA) is 43.8 Å². The first kappa shape index (κ1) is 11.4. The van der Waals surface area contributed by atoms with Gasteiger partial charge in [-0.25, -0.2) is 0 Å². The van der Waals surface area contributed by atoms with E-state index in [0.717, 1.165) is 12.8 Å². The highest BCUT2D eigenvalue weighted by atomic mass is 127. The standard InChI is InChI=1S/C9H9ClIN3S/c10-9-2-1-8(15-9)7(3-12)14-5-6(11)4-13-14/h1-2,4-5,7H,3,12H2. The summed E-state index contributed by atoms with van der Waals surface area (Å²) >= 11 is 9.68. The molecule has 0 aliphatic heterocycles. The van der Waals surface area contributed by atoms with Gasteiger partial charge < -0.3 is 5.73 Å². The lowest BCUT2D eigenvalue weighted by molar-refractivity contribution is 0.539. The van der Waals surface area contributed by atoms with Crippen LogP contribution in [0.15, 0.2) is 24.5 Å². The molecule has 0 amide bonds. The molecule has 2 heterocycles. The van der Waals surface area contributed by atoms with E-state index in [0.29, 0.717) is 6.54 Å². The Morgan fingerprint density at radius 1 is 1.60 bits per heavy atom. The number of hydrogen-bond acceptors (Lipinski definition) is 3. The lowest BCUT2D eigenvalue weighted by Gasteiger charge is -2.12. The van der Waals surface area contributed by atoms with Crippen molar-refractivity contribution in [2.45, 2.75) is 6.04 Å². The van der Waals surface area contributed by atoms with Gasteiger partial charge in [-0.1, -0.05) is 11.6 Å². The van der Waals surface area contributed by atoms with Gasteiger partial charge in [-0.3, -0.25) is 4.68 Å². The van der Waals surface area contributed by atoms with Crippen LogP contribution in [-0.2, 0) is 0 Å². The zero-order valence-electron chi connectivity index (χ0n) is 7.73. The Bertz CT molecular complexity index is 413. The SMILES string of the molecule is NCC(c1ccc(Cl)s1)n1cc(I)cn1. The Morgan fingerprint density at radius 2 is 2.40 bits per heavy atom. The van der Waals surface area contributed by atoms with Crippen LogP contribution in [0.2, 0.25) is 4.34 Å². The number of aromatic nitrogens is 2. The second-order valence-corrected chi connectivity index (χ2v) is 6.02. The second kappa shape index (κ2) is 4.82. The minimum absolute atomic E-state index is 0.0889. The van der Waals surface area contributed by atoms with E-state index in [2.05, 4.69) is 27.7 Å². The minimum atomic E-state index is 0.0889. The van der Waals surface area contributed by atoms with Crippen molar-refractivity contribution in [3.8, 4) is 0 Å². The van der Waals surface area contributed by atoms with E-state index in [1.807, 2.05) is 29.2 Å². The zero-order chi connectivity index (χ0) is 10.8. The van der Waals surface area contributed by atoms with Crippen molar-refractivity contribution in [2.75, 3.05) is 6.54 Å². The summed E-state index contributed by atoms with van der Waals surface area (Å²) in [6, 6.07) is 3.98. The molecule has 0 aliphatic rings. The molecule has 0 saturated carbocycles. The predicted molar refractivity (Wildman–Crippen MR) is 71.5 cm³/mol. The summed E-state index contributed by atoms with van der Waals surface area (Å²) in [5.41, 5.74) is 5.76. The van der Waals surface area contributed by atoms with Crippen LogP contribution in [0.1, 0.15) is 10.9 Å². The van der Waals surface area contributed by atoms with Gasteiger partial charge in [-0.15, -0.1) is 11.3 Å². The Hall–Kier alpha value is -0.110. The fourth-order valence-electron chi connectivity index (χ4n) is 1.35. The molecule has 1 unspecified atom stereocenters. The summed E-state index contributed by atoms with van der Waals surface area (Å²) in [7, 11) is 0. The highest BCUT2D eigenvalue weighted by Gasteiger charge is 2.14. The molecule has 0 bridgehead atoms. The minimum Gasteiger partial charge on any atom is -0.328 e. The smallest absolute Gasteiger partial charge is 0.0983 e. The van der Waals surface area contributed by atoms with E-state index in [4.69, 9.17) is 17.3 Å². The van der Waals surface area contributed by atoms with Crippen molar-refractivity contribution in [2.24, 2.45) is 5.73 Å². The fourth-order valence-corrected chi connectivity index (χ4v) is 2.92. The highest BCUT2D eigenvalue weighted by Crippen LogP contribution is 2.28. The van der Waals surface area contributed by atoms with Gasteiger partial charge >= 0.3 is 0 Å². The van der Waals surface area contributed by atoms with E-state index in [-0.39, 0.29) is 6.04 Å². The van der Waals surface area contributed by atoms with Gasteiger partial charge in [0.05, 0.1) is 20.1 Å². The average Bonchev–Trinajstić information content (AvgIpc) is 2.78. The van der Waals surface area contributed by atoms with Crippen LogP contribution in [0.25, 0.3) is 0 Å². The number of hydrogen-bond donors (Lipinski definition) is 1. The van der Waals surface area contributed by atoms with Crippen molar-refractivity contribution < 1.29 is 0 Å². The molecule has 2 rings (SSSR count). The molecular weight excluding hydrogens is 345 g/mol. The van der Waals surface area contributed by atoms with Gasteiger partial charge in [-0.2, -0.15) is 5.10 Å². The van der Waals surface area contributed by atoms with Crippen molar-refractivity contribution >= 4 is 45.5 Å². The highest BCUT2D eigenvalue weighted by molar-refractivity contribution is 14.1. The van der Waals surface area contributed by atoms with Crippen molar-refractivity contribution in [3.05, 3.63) is 37.3 Å². The Balaban J connectivity index is 2.32. The maximum absolute atomic E-state index is 5.90. The number of nitrogens with zero attached hydrogens (tertiary/aromatic N) is 2. The molecule has 80 valence electrons. The lowest BCUT2D eigenvalue weighted by Crippen LogP contribution is -2.19. The molecule has 0 aliphatic carbocycles. The van der Waals surface area contributed by atoms with Crippen molar-refractivity contribution in [1.29, 1.82) is 0 Å². The molecule has 6 heteroatoms. The van der Waals surface area contributed by atoms with Gasteiger partial charge in [-0.05, 0) is 34.7 Å². The predicted octanol–water partition coefficient (Wildman–Crippen LogP) is 2.75. The number of rotatable bonds is 3. The molecule has 15 heavy (non-hydrogen) atoms. The van der Waals surface area contributed by atoms with Crippen LogP contribution < -0.4 is 5.73 Å². The van der Waals surface area contributed by atoms with Gasteiger partial charge in [0.15, 0.2) is 0 Å². The monoisotopic (exact) mass is 353 g/mol. The quantitative estimate of drug-likeness (QED) is 0.862. The van der Waals surface area contributed by atoms with Crippen LogP contribution in [0.4, 0.5) is 0 Å². The van der Waals surface area contributed by atoms with Gasteiger partial charge in [0.25, 0.3) is 0 Å². The number of thiophene rings is 1. The maximum Gasteiger partial charge on any atom is 0.0983 e. The van der Waals surface area contributed by atoms with E-state index >= 15 is 0 Å². The summed E-state index contributed by atoms with van der Waals surface area (Å²) in [6.07, 6.45) is 3.80. The third kappa shape index (κ3) is 2.52. The third-order valence-corrected chi connectivity index (χ3v) is 3.92. The normalized spacial score (nSPS) is 13.0. The molecule has 2 N–H and O–H groups in total. The van der Waals surface area contributed by atoms with Crippen LogP contribution >= 0.6 is 45.5 Å².